The van der Waals surface area contributed by atoms with Crippen LogP contribution in [0.2, 0.25) is 0 Å². The molecule has 0 atom stereocenters. The van der Waals surface area contributed by atoms with Crippen molar-refractivity contribution < 1.29 is 15.0 Å². The van der Waals surface area contributed by atoms with Crippen molar-refractivity contribution in [1.29, 1.82) is 0 Å². The van der Waals surface area contributed by atoms with E-state index in [0.29, 0.717) is 39.5 Å². The van der Waals surface area contributed by atoms with E-state index >= 15 is 0 Å². The van der Waals surface area contributed by atoms with Crippen LogP contribution in [0.1, 0.15) is 32.7 Å². The van der Waals surface area contributed by atoms with Crippen molar-refractivity contribution >= 4 is 34.9 Å². The van der Waals surface area contributed by atoms with Crippen LogP contribution in [0.25, 0.3) is 6.08 Å². The fourth-order valence-corrected chi connectivity index (χ4v) is 3.58. The summed E-state index contributed by atoms with van der Waals surface area (Å²) in [5.41, 5.74) is 10.9. The number of carbonyl (C=O) groups is 2. The van der Waals surface area contributed by atoms with E-state index in [2.05, 4.69) is 10.3 Å². The van der Waals surface area contributed by atoms with Gasteiger partial charge in [0.15, 0.2) is 5.78 Å². The number of benzene rings is 3. The van der Waals surface area contributed by atoms with Crippen LogP contribution < -0.4 is 16.5 Å². The summed E-state index contributed by atoms with van der Waals surface area (Å²) in [5.74, 6) is -0.418. The normalized spacial score (nSPS) is 10.7. The minimum Gasteiger partial charge on any atom is -0.398 e. The molecule has 1 heterocycles. The molecule has 0 bridgehead atoms. The first kappa shape index (κ1) is 23.3. The van der Waals surface area contributed by atoms with Gasteiger partial charge in [-0.15, -0.1) is 0 Å². The molecule has 6 nitrogen and oxygen atoms in total. The predicted molar refractivity (Wildman–Crippen MR) is 139 cm³/mol. The second-order valence-electron chi connectivity index (χ2n) is 7.96. The number of nitrogens with two attached hydrogens (primary N) is 2. The van der Waals surface area contributed by atoms with E-state index in [1.54, 1.807) is 66.9 Å². The molecular formula is C29H25N4O2+. The first-order valence-electron chi connectivity index (χ1n) is 11.1. The fraction of sp³-hybridized carbons (Fsp3) is 0.0345. The molecule has 0 aliphatic heterocycles. The van der Waals surface area contributed by atoms with Gasteiger partial charge in [-0.25, -0.2) is 0 Å². The summed E-state index contributed by atoms with van der Waals surface area (Å²) < 4.78 is 0. The zero-order chi connectivity index (χ0) is 24.6. The predicted octanol–water partition coefficient (Wildman–Crippen LogP) is 3.34. The maximum Gasteiger partial charge on any atom is 0.230 e. The molecule has 0 spiro atoms. The van der Waals surface area contributed by atoms with Crippen molar-refractivity contribution in [3.05, 3.63) is 131 Å². The quantitative estimate of drug-likeness (QED) is 0.212. The zero-order valence-electron chi connectivity index (χ0n) is 19.0. The van der Waals surface area contributed by atoms with Gasteiger partial charge in [0.2, 0.25) is 11.6 Å². The monoisotopic (exact) mass is 461 g/mol. The van der Waals surface area contributed by atoms with Gasteiger partial charge in [0.1, 0.15) is 0 Å². The smallest absolute Gasteiger partial charge is 0.230 e. The number of carbonyl (C=O) groups excluding carboxylic acids is 2. The van der Waals surface area contributed by atoms with Crippen LogP contribution in [-0.4, -0.2) is 22.4 Å². The van der Waals surface area contributed by atoms with Crippen molar-refractivity contribution in [2.75, 3.05) is 11.1 Å². The van der Waals surface area contributed by atoms with Gasteiger partial charge in [-0.3, -0.25) is 20.0 Å². The lowest BCUT2D eigenvalue weighted by atomic mass is 9.98. The molecule has 0 fully saturated rings. The Bertz CT molecular complexity index is 1400. The van der Waals surface area contributed by atoms with Crippen LogP contribution in [0, 0.1) is 0 Å². The molecule has 4 rings (SSSR count). The molecule has 0 radical (unpaired) electrons. The topological polar surface area (TPSA) is 111 Å². The number of anilines is 2. The Morgan fingerprint density at radius 3 is 2.40 bits per heavy atom. The van der Waals surface area contributed by atoms with Crippen LogP contribution in [0.4, 0.5) is 11.4 Å². The van der Waals surface area contributed by atoms with Gasteiger partial charge in [0.05, 0.1) is 12.0 Å². The SMILES string of the molecule is Nc1cc(C(=O)c2cccc(NC(=O)Cc3ccccn3)c2)ccc1C(=[NH2+])/C=C/c1ccccc1. The van der Waals surface area contributed by atoms with Gasteiger partial charge in [0.25, 0.3) is 0 Å². The minimum atomic E-state index is -0.212. The number of pyridine rings is 1. The summed E-state index contributed by atoms with van der Waals surface area (Å²) >= 11 is 0. The van der Waals surface area contributed by atoms with Crippen LogP contribution in [0.5, 0.6) is 0 Å². The van der Waals surface area contributed by atoms with Crippen LogP contribution >= 0.6 is 0 Å². The number of nitrogens with zero attached hydrogens (tertiary/aromatic N) is 1. The minimum absolute atomic E-state index is 0.146. The Kier molecular flexibility index (Phi) is 7.23. The van der Waals surface area contributed by atoms with Crippen LogP contribution in [0.15, 0.2) is 103 Å². The number of aromatic nitrogens is 1. The highest BCUT2D eigenvalue weighted by Crippen LogP contribution is 2.20. The van der Waals surface area contributed by atoms with Crippen molar-refractivity contribution in [2.45, 2.75) is 6.42 Å². The first-order valence-corrected chi connectivity index (χ1v) is 11.1. The number of hydrogen-bond acceptors (Lipinski definition) is 4. The highest BCUT2D eigenvalue weighted by molar-refractivity contribution is 6.13. The number of allylic oxidation sites excluding steroid dienone is 1. The third-order valence-electron chi connectivity index (χ3n) is 5.36. The number of amides is 1. The summed E-state index contributed by atoms with van der Waals surface area (Å²) in [7, 11) is 0. The van der Waals surface area contributed by atoms with E-state index in [0.717, 1.165) is 5.56 Å². The molecule has 3 aromatic carbocycles. The van der Waals surface area contributed by atoms with E-state index in [4.69, 9.17) is 11.1 Å². The highest BCUT2D eigenvalue weighted by atomic mass is 16.1. The molecule has 0 saturated heterocycles. The third-order valence-corrected chi connectivity index (χ3v) is 5.36. The highest BCUT2D eigenvalue weighted by Gasteiger charge is 2.15. The second kappa shape index (κ2) is 10.9. The van der Waals surface area contributed by atoms with Gasteiger partial charge in [-0.05, 0) is 48.0 Å². The molecule has 4 aromatic rings. The maximum absolute atomic E-state index is 13.1. The van der Waals surface area contributed by atoms with E-state index in [1.165, 1.54) is 0 Å². The summed E-state index contributed by atoms with van der Waals surface area (Å²) in [5, 5.41) is 9.04. The summed E-state index contributed by atoms with van der Waals surface area (Å²) in [6, 6.07) is 27.1. The Hall–Kier alpha value is -4.84. The average molecular weight is 462 g/mol. The molecule has 0 saturated carbocycles. The first-order chi connectivity index (χ1) is 17.0. The molecule has 172 valence electrons. The van der Waals surface area contributed by atoms with Crippen molar-refractivity contribution in [1.82, 2.24) is 4.98 Å². The molecule has 0 aliphatic carbocycles. The number of rotatable bonds is 8. The standard InChI is InChI=1S/C29H24N4O2/c30-26(15-12-20-7-2-1-3-8-20)25-14-13-22(18-27(25)31)29(35)21-9-6-11-24(17-21)33-28(34)19-23-10-4-5-16-32-23/h1-18,30H,19,31H2,(H,33,34)/p+1/b15-12+,30-26?. The van der Waals surface area contributed by atoms with Gasteiger partial charge >= 0.3 is 0 Å². The molecular weight excluding hydrogens is 436 g/mol. The van der Waals surface area contributed by atoms with Crippen molar-refractivity contribution in [3.8, 4) is 0 Å². The lowest BCUT2D eigenvalue weighted by Gasteiger charge is -2.08. The van der Waals surface area contributed by atoms with Gasteiger partial charge in [-0.1, -0.05) is 54.6 Å². The average Bonchev–Trinajstić information content (AvgIpc) is 2.88. The van der Waals surface area contributed by atoms with Crippen molar-refractivity contribution in [3.63, 3.8) is 0 Å². The van der Waals surface area contributed by atoms with Gasteiger partial charge < -0.3 is 11.1 Å². The third kappa shape index (κ3) is 6.15. The van der Waals surface area contributed by atoms with Crippen LogP contribution in [0.3, 0.4) is 0 Å². The number of nitrogen functional groups attached to an aromatic ring is 1. The Morgan fingerprint density at radius 2 is 1.66 bits per heavy atom. The van der Waals surface area contributed by atoms with E-state index in [1.807, 2.05) is 42.5 Å². The number of hydrogen-bond donors (Lipinski definition) is 3. The maximum atomic E-state index is 13.1. The zero-order valence-corrected chi connectivity index (χ0v) is 19.0. The molecule has 1 aromatic heterocycles. The molecule has 6 heteroatoms. The summed E-state index contributed by atoms with van der Waals surface area (Å²) in [6.45, 7) is 0. The molecule has 5 N–H and O–H groups in total. The molecule has 35 heavy (non-hydrogen) atoms. The lowest BCUT2D eigenvalue weighted by molar-refractivity contribution is -0.115. The Labute approximate surface area is 203 Å². The second-order valence-corrected chi connectivity index (χ2v) is 7.96. The molecule has 1 amide bonds. The Balaban J connectivity index is 1.45. The van der Waals surface area contributed by atoms with Gasteiger partial charge in [0, 0.05) is 40.5 Å². The van der Waals surface area contributed by atoms with E-state index in [9.17, 15) is 9.59 Å². The summed E-state index contributed by atoms with van der Waals surface area (Å²) in [6.07, 6.45) is 5.48. The van der Waals surface area contributed by atoms with E-state index in [-0.39, 0.29) is 18.1 Å². The largest absolute Gasteiger partial charge is 0.398 e. The van der Waals surface area contributed by atoms with Crippen molar-refractivity contribution in [2.24, 2.45) is 0 Å². The summed E-state index contributed by atoms with van der Waals surface area (Å²) in [4.78, 5) is 29.6. The van der Waals surface area contributed by atoms with E-state index < -0.39 is 0 Å². The fourth-order valence-electron chi connectivity index (χ4n) is 3.58. The molecule has 0 aliphatic rings. The Morgan fingerprint density at radius 1 is 0.886 bits per heavy atom. The number of ketones is 1. The van der Waals surface area contributed by atoms with Gasteiger partial charge in [-0.2, -0.15) is 0 Å². The lowest BCUT2D eigenvalue weighted by Crippen LogP contribution is -2.39. The van der Waals surface area contributed by atoms with Crippen LogP contribution in [-0.2, 0) is 11.2 Å². The number of nitrogens with one attached hydrogen (secondary N) is 1. The molecule has 0 unspecified atom stereocenters.